The zero-order valence-electron chi connectivity index (χ0n) is 12.9. The highest BCUT2D eigenvalue weighted by atomic mass is 16.5. The molecule has 5 nitrogen and oxygen atoms in total. The summed E-state index contributed by atoms with van der Waals surface area (Å²) < 4.78 is 21.4. The molecule has 1 fully saturated rings. The summed E-state index contributed by atoms with van der Waals surface area (Å²) in [5.74, 6) is 1.52. The van der Waals surface area contributed by atoms with E-state index in [2.05, 4.69) is 11.4 Å². The Bertz CT molecular complexity index is 421. The van der Waals surface area contributed by atoms with Gasteiger partial charge in [0, 0.05) is 19.7 Å². The van der Waals surface area contributed by atoms with Gasteiger partial charge in [-0.05, 0) is 30.5 Å². The lowest BCUT2D eigenvalue weighted by atomic mass is 10.2. The van der Waals surface area contributed by atoms with Crippen LogP contribution < -0.4 is 14.8 Å². The SMILES string of the molecule is COCCOCCOc1ccc(CNC2CC2)cc1OC. The van der Waals surface area contributed by atoms with Crippen LogP contribution in [0.25, 0.3) is 0 Å². The lowest BCUT2D eigenvalue weighted by Gasteiger charge is -2.12. The zero-order valence-corrected chi connectivity index (χ0v) is 12.9. The van der Waals surface area contributed by atoms with E-state index in [0.717, 1.165) is 18.0 Å². The number of benzene rings is 1. The highest BCUT2D eigenvalue weighted by Crippen LogP contribution is 2.28. The van der Waals surface area contributed by atoms with E-state index in [4.69, 9.17) is 18.9 Å². The molecule has 1 aromatic carbocycles. The van der Waals surface area contributed by atoms with Crippen molar-refractivity contribution in [1.29, 1.82) is 0 Å². The van der Waals surface area contributed by atoms with Gasteiger partial charge in [0.25, 0.3) is 0 Å². The fraction of sp³-hybridized carbons (Fsp3) is 0.625. The maximum absolute atomic E-state index is 5.69. The third-order valence-electron chi connectivity index (χ3n) is 3.32. The molecule has 118 valence electrons. The standard InChI is InChI=1S/C16H25NO4/c1-18-7-8-20-9-10-21-15-6-3-13(11-16(15)19-2)12-17-14-4-5-14/h3,6,11,14,17H,4-5,7-10,12H2,1-2H3. The Morgan fingerprint density at radius 2 is 1.86 bits per heavy atom. The van der Waals surface area contributed by atoms with E-state index in [1.165, 1.54) is 18.4 Å². The Balaban J connectivity index is 1.75. The van der Waals surface area contributed by atoms with Gasteiger partial charge in [0.15, 0.2) is 11.5 Å². The summed E-state index contributed by atoms with van der Waals surface area (Å²) in [6, 6.07) is 6.75. The third-order valence-corrected chi connectivity index (χ3v) is 3.32. The first-order chi connectivity index (χ1) is 10.3. The van der Waals surface area contributed by atoms with Crippen LogP contribution in [0, 0.1) is 0 Å². The molecular weight excluding hydrogens is 270 g/mol. The molecule has 0 aliphatic heterocycles. The molecular formula is C16H25NO4. The topological polar surface area (TPSA) is 49.0 Å². The largest absolute Gasteiger partial charge is 0.493 e. The normalized spacial score (nSPS) is 14.2. The Morgan fingerprint density at radius 1 is 1.05 bits per heavy atom. The molecule has 0 unspecified atom stereocenters. The van der Waals surface area contributed by atoms with Crippen molar-refractivity contribution in [2.45, 2.75) is 25.4 Å². The average Bonchev–Trinajstić information content (AvgIpc) is 3.33. The number of hydrogen-bond donors (Lipinski definition) is 1. The molecule has 2 rings (SSSR count). The highest BCUT2D eigenvalue weighted by molar-refractivity contribution is 5.43. The summed E-state index contributed by atoms with van der Waals surface area (Å²) in [5, 5.41) is 3.49. The van der Waals surface area contributed by atoms with Crippen LogP contribution >= 0.6 is 0 Å². The van der Waals surface area contributed by atoms with Crippen LogP contribution in [-0.2, 0) is 16.0 Å². The summed E-state index contributed by atoms with van der Waals surface area (Å²) in [7, 11) is 3.32. The van der Waals surface area contributed by atoms with Gasteiger partial charge >= 0.3 is 0 Å². The van der Waals surface area contributed by atoms with E-state index in [1.54, 1.807) is 14.2 Å². The molecule has 1 saturated carbocycles. The number of nitrogens with one attached hydrogen (secondary N) is 1. The van der Waals surface area contributed by atoms with E-state index in [-0.39, 0.29) is 0 Å². The lowest BCUT2D eigenvalue weighted by Crippen LogP contribution is -2.15. The van der Waals surface area contributed by atoms with Gasteiger partial charge < -0.3 is 24.3 Å². The smallest absolute Gasteiger partial charge is 0.161 e. The summed E-state index contributed by atoms with van der Waals surface area (Å²) >= 11 is 0. The van der Waals surface area contributed by atoms with Gasteiger partial charge in [0.1, 0.15) is 6.61 Å². The van der Waals surface area contributed by atoms with Crippen molar-refractivity contribution in [3.63, 3.8) is 0 Å². The molecule has 0 amide bonds. The molecule has 1 aliphatic carbocycles. The number of methoxy groups -OCH3 is 2. The maximum atomic E-state index is 5.69. The Kier molecular flexibility index (Phi) is 6.79. The van der Waals surface area contributed by atoms with Crippen LogP contribution in [0.4, 0.5) is 0 Å². The predicted molar refractivity (Wildman–Crippen MR) is 81.0 cm³/mol. The van der Waals surface area contributed by atoms with Gasteiger partial charge in [-0.3, -0.25) is 0 Å². The minimum absolute atomic E-state index is 0.500. The highest BCUT2D eigenvalue weighted by Gasteiger charge is 2.20. The van der Waals surface area contributed by atoms with Crippen LogP contribution in [0.5, 0.6) is 11.5 Å². The first-order valence-electron chi connectivity index (χ1n) is 7.43. The van der Waals surface area contributed by atoms with Crippen LogP contribution in [0.2, 0.25) is 0 Å². The minimum Gasteiger partial charge on any atom is -0.493 e. The van der Waals surface area contributed by atoms with Gasteiger partial charge in [0.2, 0.25) is 0 Å². The van der Waals surface area contributed by atoms with Crippen LogP contribution in [0.15, 0.2) is 18.2 Å². The number of ether oxygens (including phenoxy) is 4. The van der Waals surface area contributed by atoms with Crippen molar-refractivity contribution < 1.29 is 18.9 Å². The molecule has 0 spiro atoms. The van der Waals surface area contributed by atoms with Crippen molar-refractivity contribution in [1.82, 2.24) is 5.32 Å². The number of hydrogen-bond acceptors (Lipinski definition) is 5. The fourth-order valence-corrected chi connectivity index (χ4v) is 1.95. The maximum Gasteiger partial charge on any atom is 0.161 e. The Morgan fingerprint density at radius 3 is 2.57 bits per heavy atom. The molecule has 0 saturated heterocycles. The van der Waals surface area contributed by atoms with Crippen LogP contribution in [0.1, 0.15) is 18.4 Å². The monoisotopic (exact) mass is 295 g/mol. The van der Waals surface area contributed by atoms with Gasteiger partial charge in [-0.1, -0.05) is 6.07 Å². The molecule has 0 heterocycles. The van der Waals surface area contributed by atoms with Crippen molar-refractivity contribution in [2.24, 2.45) is 0 Å². The molecule has 1 N–H and O–H groups in total. The minimum atomic E-state index is 0.500. The van der Waals surface area contributed by atoms with E-state index in [0.29, 0.717) is 32.5 Å². The van der Waals surface area contributed by atoms with Gasteiger partial charge in [-0.25, -0.2) is 0 Å². The molecule has 0 bridgehead atoms. The summed E-state index contributed by atoms with van der Waals surface area (Å²) in [6.45, 7) is 3.10. The van der Waals surface area contributed by atoms with Gasteiger partial charge in [0.05, 0.1) is 26.9 Å². The first kappa shape index (κ1) is 16.1. The average molecular weight is 295 g/mol. The molecule has 0 radical (unpaired) electrons. The van der Waals surface area contributed by atoms with Crippen molar-refractivity contribution >= 4 is 0 Å². The third kappa shape index (κ3) is 5.91. The predicted octanol–water partition coefficient (Wildman–Crippen LogP) is 1.99. The molecule has 5 heteroatoms. The lowest BCUT2D eigenvalue weighted by molar-refractivity contribution is 0.0540. The molecule has 1 aromatic rings. The van der Waals surface area contributed by atoms with E-state index >= 15 is 0 Å². The summed E-state index contributed by atoms with van der Waals surface area (Å²) in [5.41, 5.74) is 1.21. The molecule has 0 atom stereocenters. The van der Waals surface area contributed by atoms with E-state index in [1.807, 2.05) is 12.1 Å². The van der Waals surface area contributed by atoms with Gasteiger partial charge in [-0.2, -0.15) is 0 Å². The zero-order chi connectivity index (χ0) is 14.9. The summed E-state index contributed by atoms with van der Waals surface area (Å²) in [6.07, 6.45) is 2.59. The van der Waals surface area contributed by atoms with Gasteiger partial charge in [-0.15, -0.1) is 0 Å². The second kappa shape index (κ2) is 8.87. The second-order valence-electron chi connectivity index (χ2n) is 5.09. The van der Waals surface area contributed by atoms with Crippen LogP contribution in [-0.4, -0.2) is 46.7 Å². The first-order valence-corrected chi connectivity index (χ1v) is 7.43. The Hall–Kier alpha value is -1.30. The van der Waals surface area contributed by atoms with E-state index < -0.39 is 0 Å². The molecule has 1 aliphatic rings. The summed E-state index contributed by atoms with van der Waals surface area (Å²) in [4.78, 5) is 0. The van der Waals surface area contributed by atoms with Crippen molar-refractivity contribution in [2.75, 3.05) is 40.6 Å². The molecule has 21 heavy (non-hydrogen) atoms. The fourth-order valence-electron chi connectivity index (χ4n) is 1.95. The van der Waals surface area contributed by atoms with E-state index in [9.17, 15) is 0 Å². The number of rotatable bonds is 11. The van der Waals surface area contributed by atoms with Crippen molar-refractivity contribution in [3.05, 3.63) is 23.8 Å². The molecule has 0 aromatic heterocycles. The van der Waals surface area contributed by atoms with Crippen LogP contribution in [0.3, 0.4) is 0 Å². The Labute approximate surface area is 126 Å². The van der Waals surface area contributed by atoms with Crippen molar-refractivity contribution in [3.8, 4) is 11.5 Å². The quantitative estimate of drug-likeness (QED) is 0.633. The second-order valence-corrected chi connectivity index (χ2v) is 5.09.